The molecule has 0 unspecified atom stereocenters. The van der Waals surface area contributed by atoms with E-state index in [2.05, 4.69) is 30.8 Å². The highest BCUT2D eigenvalue weighted by atomic mass is 16.6. The van der Waals surface area contributed by atoms with Crippen LogP contribution in [0.4, 0.5) is 22.4 Å². The lowest BCUT2D eigenvalue weighted by Gasteiger charge is -2.35. The number of rotatable bonds is 7. The zero-order valence-electron chi connectivity index (χ0n) is 21.1. The fourth-order valence-corrected chi connectivity index (χ4v) is 4.25. The summed E-state index contributed by atoms with van der Waals surface area (Å²) in [7, 11) is 3.25. The van der Waals surface area contributed by atoms with Gasteiger partial charge in [0.1, 0.15) is 11.4 Å². The first kappa shape index (κ1) is 24.7. The fourth-order valence-electron chi connectivity index (χ4n) is 4.25. The smallest absolute Gasteiger partial charge is 0.407 e. The molecule has 2 aliphatic carbocycles. The topological polar surface area (TPSA) is 134 Å². The third-order valence-corrected chi connectivity index (χ3v) is 6.26. The van der Waals surface area contributed by atoms with Gasteiger partial charge in [0.15, 0.2) is 11.5 Å². The van der Waals surface area contributed by atoms with Gasteiger partial charge in [-0.1, -0.05) is 0 Å². The van der Waals surface area contributed by atoms with Gasteiger partial charge in [0.05, 0.1) is 7.11 Å². The Labute approximate surface area is 205 Å². The van der Waals surface area contributed by atoms with Crippen molar-refractivity contribution in [3.05, 3.63) is 23.5 Å². The van der Waals surface area contributed by atoms with Gasteiger partial charge in [-0.05, 0) is 59.3 Å². The van der Waals surface area contributed by atoms with Crippen molar-refractivity contribution in [2.45, 2.75) is 82.9 Å². The normalized spacial score (nSPS) is 20.1. The van der Waals surface area contributed by atoms with Crippen LogP contribution >= 0.6 is 0 Å². The van der Waals surface area contributed by atoms with Gasteiger partial charge in [-0.2, -0.15) is 10.1 Å². The lowest BCUT2D eigenvalue weighted by molar-refractivity contribution is 0.0490. The maximum absolute atomic E-state index is 12.3. The molecule has 0 atom stereocenters. The van der Waals surface area contributed by atoms with E-state index in [1.165, 1.54) is 20.0 Å². The van der Waals surface area contributed by atoms with E-state index in [-0.39, 0.29) is 23.9 Å². The number of hydrogen-bond acceptors (Lipinski definition) is 9. The molecule has 190 valence electrons. The molecular weight excluding hydrogens is 450 g/mol. The van der Waals surface area contributed by atoms with Crippen LogP contribution < -0.4 is 15.5 Å². The zero-order chi connectivity index (χ0) is 25.2. The molecule has 0 radical (unpaired) electrons. The third kappa shape index (κ3) is 6.61. The number of amides is 1. The lowest BCUT2D eigenvalue weighted by Crippen LogP contribution is -2.44. The summed E-state index contributed by atoms with van der Waals surface area (Å²) in [5.41, 5.74) is 0.749. The Balaban J connectivity index is 1.42. The number of nitrogens with one attached hydrogen (secondary N) is 3. The number of esters is 1. The molecule has 0 saturated heterocycles. The Morgan fingerprint density at radius 1 is 1.06 bits per heavy atom. The van der Waals surface area contributed by atoms with E-state index in [1.807, 2.05) is 38.8 Å². The molecule has 3 N–H and O–H groups in total. The summed E-state index contributed by atoms with van der Waals surface area (Å²) in [6.45, 7) is 5.55. The third-order valence-electron chi connectivity index (χ3n) is 6.26. The monoisotopic (exact) mass is 485 g/mol. The predicted molar refractivity (Wildman–Crippen MR) is 131 cm³/mol. The molecule has 0 aliphatic heterocycles. The minimum Gasteiger partial charge on any atom is -0.464 e. The first-order valence-corrected chi connectivity index (χ1v) is 12.1. The van der Waals surface area contributed by atoms with E-state index >= 15 is 0 Å². The van der Waals surface area contributed by atoms with Gasteiger partial charge < -0.3 is 25.0 Å². The summed E-state index contributed by atoms with van der Waals surface area (Å²) >= 11 is 0. The zero-order valence-corrected chi connectivity index (χ0v) is 21.1. The van der Waals surface area contributed by atoms with Gasteiger partial charge >= 0.3 is 12.1 Å². The lowest BCUT2D eigenvalue weighted by atomic mass is 9.90. The number of aromatic nitrogens is 4. The quantitative estimate of drug-likeness (QED) is 0.499. The number of H-pyrrole nitrogens is 1. The summed E-state index contributed by atoms with van der Waals surface area (Å²) in [4.78, 5) is 35.5. The average molecular weight is 486 g/mol. The van der Waals surface area contributed by atoms with Crippen LogP contribution in [0, 0.1) is 0 Å². The molecule has 4 rings (SSSR count). The minimum absolute atomic E-state index is 0.0642. The van der Waals surface area contributed by atoms with Gasteiger partial charge in [-0.3, -0.25) is 5.10 Å². The highest BCUT2D eigenvalue weighted by Gasteiger charge is 2.29. The van der Waals surface area contributed by atoms with E-state index in [1.54, 1.807) is 6.07 Å². The van der Waals surface area contributed by atoms with Crippen molar-refractivity contribution >= 4 is 29.6 Å². The number of methoxy groups -OCH3 is 1. The fraction of sp³-hybridized carbons (Fsp3) is 0.625. The van der Waals surface area contributed by atoms with Gasteiger partial charge in [0, 0.05) is 42.9 Å². The van der Waals surface area contributed by atoms with Crippen molar-refractivity contribution < 1.29 is 19.1 Å². The predicted octanol–water partition coefficient (Wildman–Crippen LogP) is 3.88. The van der Waals surface area contributed by atoms with Crippen LogP contribution in [-0.2, 0) is 9.47 Å². The van der Waals surface area contributed by atoms with E-state index < -0.39 is 11.6 Å². The highest BCUT2D eigenvalue weighted by molar-refractivity contribution is 5.88. The van der Waals surface area contributed by atoms with Crippen molar-refractivity contribution in [3.63, 3.8) is 0 Å². The standard InChI is InChI=1S/C24H35N7O4/c1-24(2,3)35-23(33)25-15-8-10-16(11-9-15)31(4)22-26-18(21(32)34-5)13-19(28-22)27-20-12-17(29-30-20)14-6-7-14/h12-16H,6-11H2,1-5H3,(H,25,33)(H2,26,27,28,29,30). The second-order valence-corrected chi connectivity index (χ2v) is 10.3. The van der Waals surface area contributed by atoms with E-state index in [4.69, 9.17) is 9.47 Å². The highest BCUT2D eigenvalue weighted by Crippen LogP contribution is 2.39. The number of carbonyl (C=O) groups excluding carboxylic acids is 2. The van der Waals surface area contributed by atoms with Crippen LogP contribution in [0.3, 0.4) is 0 Å². The molecule has 2 heterocycles. The van der Waals surface area contributed by atoms with E-state index in [0.29, 0.717) is 23.5 Å². The van der Waals surface area contributed by atoms with Crippen molar-refractivity contribution in [1.82, 2.24) is 25.5 Å². The first-order chi connectivity index (χ1) is 16.6. The maximum atomic E-state index is 12.3. The average Bonchev–Trinajstić information content (AvgIpc) is 3.56. The molecular formula is C24H35N7O4. The molecule has 11 heteroatoms. The van der Waals surface area contributed by atoms with E-state index in [0.717, 1.165) is 31.4 Å². The van der Waals surface area contributed by atoms with Crippen molar-refractivity contribution in [3.8, 4) is 0 Å². The Morgan fingerprint density at radius 3 is 2.40 bits per heavy atom. The SMILES string of the molecule is COC(=O)c1cc(Nc2cc(C3CC3)[nH]n2)nc(N(C)C2CCC(NC(=O)OC(C)(C)C)CC2)n1. The van der Waals surface area contributed by atoms with E-state index in [9.17, 15) is 9.59 Å². The molecule has 2 aromatic heterocycles. The second kappa shape index (κ2) is 10.1. The van der Waals surface area contributed by atoms with Gasteiger partial charge in [0.25, 0.3) is 0 Å². The molecule has 2 aromatic rings. The Bertz CT molecular complexity index is 1050. The van der Waals surface area contributed by atoms with Crippen LogP contribution in [0.15, 0.2) is 12.1 Å². The Morgan fingerprint density at radius 2 is 1.77 bits per heavy atom. The molecule has 2 fully saturated rings. The first-order valence-electron chi connectivity index (χ1n) is 12.1. The number of hydrogen-bond donors (Lipinski definition) is 3. The Hall–Kier alpha value is -3.37. The molecule has 0 spiro atoms. The molecule has 2 saturated carbocycles. The van der Waals surface area contributed by atoms with Gasteiger partial charge in [-0.15, -0.1) is 0 Å². The number of alkyl carbamates (subject to hydrolysis) is 1. The number of carbonyl (C=O) groups is 2. The summed E-state index contributed by atoms with van der Waals surface area (Å²) in [6, 6.07) is 3.77. The van der Waals surface area contributed by atoms with Crippen molar-refractivity contribution in [2.24, 2.45) is 0 Å². The summed E-state index contributed by atoms with van der Waals surface area (Å²) in [6.07, 6.45) is 5.27. The molecule has 2 aliphatic rings. The van der Waals surface area contributed by atoms with Crippen molar-refractivity contribution in [1.29, 1.82) is 0 Å². The van der Waals surface area contributed by atoms with Crippen LogP contribution in [0.2, 0.25) is 0 Å². The number of nitrogens with zero attached hydrogens (tertiary/aromatic N) is 4. The molecule has 11 nitrogen and oxygen atoms in total. The molecule has 1 amide bonds. The number of anilines is 3. The molecule has 0 aromatic carbocycles. The van der Waals surface area contributed by atoms with Crippen LogP contribution in [0.1, 0.15) is 81.4 Å². The molecule has 35 heavy (non-hydrogen) atoms. The summed E-state index contributed by atoms with van der Waals surface area (Å²) in [5, 5.41) is 13.5. The van der Waals surface area contributed by atoms with Gasteiger partial charge in [0.2, 0.25) is 5.95 Å². The largest absolute Gasteiger partial charge is 0.464 e. The van der Waals surface area contributed by atoms with Crippen LogP contribution in [-0.4, -0.2) is 64.1 Å². The summed E-state index contributed by atoms with van der Waals surface area (Å²) in [5.74, 6) is 1.56. The minimum atomic E-state index is -0.531. The number of aromatic amines is 1. The maximum Gasteiger partial charge on any atom is 0.407 e. The van der Waals surface area contributed by atoms with Crippen LogP contribution in [0.5, 0.6) is 0 Å². The van der Waals surface area contributed by atoms with Gasteiger partial charge in [-0.25, -0.2) is 14.6 Å². The van der Waals surface area contributed by atoms with Crippen molar-refractivity contribution in [2.75, 3.05) is 24.4 Å². The van der Waals surface area contributed by atoms with Crippen LogP contribution in [0.25, 0.3) is 0 Å². The second-order valence-electron chi connectivity index (χ2n) is 10.3. The Kier molecular flexibility index (Phi) is 7.13. The number of ether oxygens (including phenoxy) is 2. The summed E-state index contributed by atoms with van der Waals surface area (Å²) < 4.78 is 10.3. The molecule has 0 bridgehead atoms.